The van der Waals surface area contributed by atoms with Crippen LogP contribution in [-0.2, 0) is 4.74 Å². The zero-order valence-corrected chi connectivity index (χ0v) is 9.08. The minimum Gasteiger partial charge on any atom is -0.378 e. The molecular formula is C12H23NO. The number of hydrogen-bond donors (Lipinski definition) is 1. The van der Waals surface area contributed by atoms with Gasteiger partial charge in [0.15, 0.2) is 0 Å². The number of ether oxygens (including phenoxy) is 1. The molecule has 0 aromatic rings. The fourth-order valence-corrected chi connectivity index (χ4v) is 2.87. The lowest BCUT2D eigenvalue weighted by molar-refractivity contribution is -0.0315. The summed E-state index contributed by atoms with van der Waals surface area (Å²) in [6.07, 6.45) is 11.0. The third-order valence-corrected chi connectivity index (χ3v) is 3.78. The lowest BCUT2D eigenvalue weighted by atomic mass is 9.88. The minimum atomic E-state index is 0.400. The van der Waals surface area contributed by atoms with Crippen LogP contribution in [0.4, 0.5) is 0 Å². The van der Waals surface area contributed by atoms with Crippen molar-refractivity contribution in [2.75, 3.05) is 6.61 Å². The van der Waals surface area contributed by atoms with Crippen molar-refractivity contribution in [3.63, 3.8) is 0 Å². The van der Waals surface area contributed by atoms with Gasteiger partial charge < -0.3 is 10.5 Å². The lowest BCUT2D eigenvalue weighted by Crippen LogP contribution is -2.38. The average molecular weight is 197 g/mol. The molecule has 2 nitrogen and oxygen atoms in total. The molecule has 1 aliphatic heterocycles. The third kappa shape index (κ3) is 2.71. The molecule has 1 heterocycles. The van der Waals surface area contributed by atoms with Crippen molar-refractivity contribution in [1.82, 2.24) is 0 Å². The maximum absolute atomic E-state index is 5.99. The molecule has 2 N–H and O–H groups in total. The van der Waals surface area contributed by atoms with Gasteiger partial charge in [0.2, 0.25) is 0 Å². The summed E-state index contributed by atoms with van der Waals surface area (Å²) in [6.45, 7) is 0.891. The minimum absolute atomic E-state index is 0.400. The monoisotopic (exact) mass is 197 g/mol. The Morgan fingerprint density at radius 3 is 2.29 bits per heavy atom. The molecule has 14 heavy (non-hydrogen) atoms. The van der Waals surface area contributed by atoms with Gasteiger partial charge in [-0.1, -0.05) is 25.7 Å². The second-order valence-electron chi connectivity index (χ2n) is 4.95. The molecule has 2 atom stereocenters. The molecule has 0 aromatic heterocycles. The molecular weight excluding hydrogens is 174 g/mol. The summed E-state index contributed by atoms with van der Waals surface area (Å²) < 4.78 is 5.86. The molecule has 2 aliphatic rings. The molecule has 2 fully saturated rings. The Hall–Kier alpha value is -0.0800. The van der Waals surface area contributed by atoms with E-state index in [2.05, 4.69) is 0 Å². The molecule has 1 aliphatic carbocycles. The molecule has 0 bridgehead atoms. The average Bonchev–Trinajstić information content (AvgIpc) is 2.45. The molecule has 82 valence electrons. The van der Waals surface area contributed by atoms with E-state index in [0.717, 1.165) is 25.4 Å². The second-order valence-corrected chi connectivity index (χ2v) is 4.95. The van der Waals surface area contributed by atoms with Crippen LogP contribution < -0.4 is 5.73 Å². The van der Waals surface area contributed by atoms with Gasteiger partial charge in [0.25, 0.3) is 0 Å². The van der Waals surface area contributed by atoms with Crippen LogP contribution in [0.1, 0.15) is 51.4 Å². The van der Waals surface area contributed by atoms with Gasteiger partial charge in [0, 0.05) is 12.6 Å². The predicted molar refractivity (Wildman–Crippen MR) is 58.1 cm³/mol. The van der Waals surface area contributed by atoms with E-state index in [1.807, 2.05) is 0 Å². The molecule has 1 saturated heterocycles. The number of hydrogen-bond acceptors (Lipinski definition) is 2. The first-order valence-electron chi connectivity index (χ1n) is 6.23. The first-order chi connectivity index (χ1) is 6.86. The van der Waals surface area contributed by atoms with Crippen LogP contribution in [-0.4, -0.2) is 18.8 Å². The maximum Gasteiger partial charge on any atom is 0.0618 e. The van der Waals surface area contributed by atoms with Gasteiger partial charge in [-0.25, -0.2) is 0 Å². The van der Waals surface area contributed by atoms with Gasteiger partial charge in [0.1, 0.15) is 0 Å². The Bertz CT molecular complexity index is 164. The normalized spacial score (nSPS) is 36.6. The van der Waals surface area contributed by atoms with E-state index in [1.165, 1.54) is 38.5 Å². The number of nitrogens with two attached hydrogens (primary N) is 1. The van der Waals surface area contributed by atoms with E-state index in [-0.39, 0.29) is 0 Å². The third-order valence-electron chi connectivity index (χ3n) is 3.78. The van der Waals surface area contributed by atoms with Crippen molar-refractivity contribution >= 4 is 0 Å². The van der Waals surface area contributed by atoms with Gasteiger partial charge in [-0.05, 0) is 31.6 Å². The SMILES string of the molecule is NC1CCOC(C2CCCCCC2)C1. The molecule has 2 unspecified atom stereocenters. The Morgan fingerprint density at radius 2 is 1.64 bits per heavy atom. The summed E-state index contributed by atoms with van der Waals surface area (Å²) in [6, 6.07) is 0.400. The fourth-order valence-electron chi connectivity index (χ4n) is 2.87. The van der Waals surface area contributed by atoms with Gasteiger partial charge in [0.05, 0.1) is 6.10 Å². The van der Waals surface area contributed by atoms with E-state index < -0.39 is 0 Å². The summed E-state index contributed by atoms with van der Waals surface area (Å²) >= 11 is 0. The molecule has 2 heteroatoms. The van der Waals surface area contributed by atoms with Crippen LogP contribution in [0.2, 0.25) is 0 Å². The van der Waals surface area contributed by atoms with Crippen molar-refractivity contribution < 1.29 is 4.74 Å². The summed E-state index contributed by atoms with van der Waals surface area (Å²) in [5, 5.41) is 0. The van der Waals surface area contributed by atoms with E-state index >= 15 is 0 Å². The quantitative estimate of drug-likeness (QED) is 0.655. The van der Waals surface area contributed by atoms with Crippen LogP contribution in [0.25, 0.3) is 0 Å². The highest BCUT2D eigenvalue weighted by molar-refractivity contribution is 4.80. The Labute approximate surface area is 87.2 Å². The second kappa shape index (κ2) is 5.13. The number of rotatable bonds is 1. The van der Waals surface area contributed by atoms with Crippen molar-refractivity contribution in [3.8, 4) is 0 Å². The Morgan fingerprint density at radius 1 is 0.929 bits per heavy atom. The van der Waals surface area contributed by atoms with Crippen molar-refractivity contribution in [3.05, 3.63) is 0 Å². The van der Waals surface area contributed by atoms with Crippen LogP contribution in [0.5, 0.6) is 0 Å². The summed E-state index contributed by atoms with van der Waals surface area (Å²) in [7, 11) is 0. The highest BCUT2D eigenvalue weighted by Crippen LogP contribution is 2.30. The van der Waals surface area contributed by atoms with Crippen molar-refractivity contribution in [2.24, 2.45) is 11.7 Å². The highest BCUT2D eigenvalue weighted by atomic mass is 16.5. The summed E-state index contributed by atoms with van der Waals surface area (Å²) in [5.41, 5.74) is 5.99. The zero-order chi connectivity index (χ0) is 9.80. The zero-order valence-electron chi connectivity index (χ0n) is 9.08. The van der Waals surface area contributed by atoms with Crippen molar-refractivity contribution in [1.29, 1.82) is 0 Å². The predicted octanol–water partition coefficient (Wildman–Crippen LogP) is 2.46. The fraction of sp³-hybridized carbons (Fsp3) is 1.00. The van der Waals surface area contributed by atoms with Gasteiger partial charge in [-0.3, -0.25) is 0 Å². The molecule has 0 radical (unpaired) electrons. The first-order valence-corrected chi connectivity index (χ1v) is 6.23. The van der Waals surface area contributed by atoms with Gasteiger partial charge in [-0.15, -0.1) is 0 Å². The largest absolute Gasteiger partial charge is 0.378 e. The lowest BCUT2D eigenvalue weighted by Gasteiger charge is -2.32. The summed E-state index contributed by atoms with van der Waals surface area (Å²) in [5.74, 6) is 0.809. The molecule has 0 amide bonds. The van der Waals surface area contributed by atoms with E-state index in [9.17, 15) is 0 Å². The maximum atomic E-state index is 5.99. The van der Waals surface area contributed by atoms with E-state index in [4.69, 9.17) is 10.5 Å². The van der Waals surface area contributed by atoms with Crippen LogP contribution in [0, 0.1) is 5.92 Å². The van der Waals surface area contributed by atoms with Gasteiger partial charge in [-0.2, -0.15) is 0 Å². The Balaban J connectivity index is 1.85. The van der Waals surface area contributed by atoms with Crippen LogP contribution in [0.15, 0.2) is 0 Å². The molecule has 0 aromatic carbocycles. The highest BCUT2D eigenvalue weighted by Gasteiger charge is 2.27. The standard InChI is InChI=1S/C12H23NO/c13-11-7-8-14-12(9-11)10-5-3-1-2-4-6-10/h10-12H,1-9,13H2. The van der Waals surface area contributed by atoms with Crippen molar-refractivity contribution in [2.45, 2.75) is 63.5 Å². The summed E-state index contributed by atoms with van der Waals surface area (Å²) in [4.78, 5) is 0. The first kappa shape index (κ1) is 10.4. The van der Waals surface area contributed by atoms with E-state index in [0.29, 0.717) is 12.1 Å². The molecule has 0 spiro atoms. The smallest absolute Gasteiger partial charge is 0.0618 e. The Kier molecular flexibility index (Phi) is 3.82. The van der Waals surface area contributed by atoms with E-state index in [1.54, 1.807) is 0 Å². The van der Waals surface area contributed by atoms with Crippen LogP contribution in [0.3, 0.4) is 0 Å². The topological polar surface area (TPSA) is 35.2 Å². The molecule has 2 rings (SSSR count). The van der Waals surface area contributed by atoms with Crippen LogP contribution >= 0.6 is 0 Å². The van der Waals surface area contributed by atoms with Gasteiger partial charge >= 0.3 is 0 Å². The molecule has 1 saturated carbocycles.